The second-order valence-corrected chi connectivity index (χ2v) is 9.68. The van der Waals surface area contributed by atoms with E-state index in [1.807, 2.05) is 6.92 Å². The first-order chi connectivity index (χ1) is 11.0. The van der Waals surface area contributed by atoms with Gasteiger partial charge in [0, 0.05) is 0 Å². The summed E-state index contributed by atoms with van der Waals surface area (Å²) >= 11 is 0. The van der Waals surface area contributed by atoms with Crippen molar-refractivity contribution >= 4 is 10.8 Å². The number of hydrogen-bond acceptors (Lipinski definition) is 1. The molecule has 2 aromatic rings. The van der Waals surface area contributed by atoms with E-state index in [-0.39, 0.29) is 11.5 Å². The van der Waals surface area contributed by atoms with Gasteiger partial charge in [0.1, 0.15) is 0 Å². The Kier molecular flexibility index (Phi) is 5.44. The number of rotatable bonds is 4. The first-order valence-electron chi connectivity index (χ1n) is 9.16. The Morgan fingerprint density at radius 3 is 2.00 bits per heavy atom. The molecule has 0 aliphatic heterocycles. The van der Waals surface area contributed by atoms with Crippen molar-refractivity contribution in [3.8, 4) is 0 Å². The zero-order chi connectivity index (χ0) is 18.1. The summed E-state index contributed by atoms with van der Waals surface area (Å²) < 4.78 is 0. The molecular weight excluding hydrogens is 292 g/mol. The molecule has 0 saturated heterocycles. The van der Waals surface area contributed by atoms with E-state index in [1.54, 1.807) is 0 Å². The van der Waals surface area contributed by atoms with Crippen LogP contribution in [0.25, 0.3) is 10.8 Å². The summed E-state index contributed by atoms with van der Waals surface area (Å²) in [5, 5.41) is 12.2. The van der Waals surface area contributed by atoms with Crippen molar-refractivity contribution in [1.29, 1.82) is 0 Å². The molecule has 2 unspecified atom stereocenters. The fourth-order valence-corrected chi connectivity index (χ4v) is 3.53. The average molecular weight is 327 g/mol. The Morgan fingerprint density at radius 2 is 1.46 bits per heavy atom. The van der Waals surface area contributed by atoms with Gasteiger partial charge in [0.25, 0.3) is 0 Å². The molecule has 0 aliphatic carbocycles. The van der Waals surface area contributed by atoms with Gasteiger partial charge in [0.15, 0.2) is 0 Å². The fraction of sp³-hybridized carbons (Fsp3) is 0.565. The lowest BCUT2D eigenvalue weighted by atomic mass is 9.69. The van der Waals surface area contributed by atoms with Gasteiger partial charge in [-0.15, -0.1) is 0 Å². The Hall–Kier alpha value is -1.34. The molecule has 1 nitrogen and oxygen atoms in total. The molecule has 0 bridgehead atoms. The van der Waals surface area contributed by atoms with Crippen LogP contribution >= 0.6 is 0 Å². The molecule has 132 valence electrons. The van der Waals surface area contributed by atoms with Crippen LogP contribution in [-0.4, -0.2) is 11.2 Å². The van der Waals surface area contributed by atoms with Crippen LogP contribution in [0.15, 0.2) is 36.4 Å². The van der Waals surface area contributed by atoms with E-state index in [1.165, 1.54) is 28.3 Å². The zero-order valence-corrected chi connectivity index (χ0v) is 16.5. The maximum absolute atomic E-state index is 9.59. The number of benzene rings is 2. The van der Waals surface area contributed by atoms with E-state index < -0.39 is 0 Å². The van der Waals surface area contributed by atoms with Gasteiger partial charge in [-0.25, -0.2) is 0 Å². The van der Waals surface area contributed by atoms with Crippen LogP contribution in [0.1, 0.15) is 71.9 Å². The molecule has 24 heavy (non-hydrogen) atoms. The molecule has 0 fully saturated rings. The third-order valence-electron chi connectivity index (χ3n) is 4.72. The molecule has 2 rings (SSSR count). The van der Waals surface area contributed by atoms with Crippen LogP contribution < -0.4 is 0 Å². The van der Waals surface area contributed by atoms with Crippen LogP contribution in [0.3, 0.4) is 0 Å². The second-order valence-electron chi connectivity index (χ2n) is 9.68. The number of aliphatic hydroxyl groups excluding tert-OH is 1. The van der Waals surface area contributed by atoms with E-state index in [0.29, 0.717) is 17.8 Å². The average Bonchev–Trinajstić information content (AvgIpc) is 2.41. The zero-order valence-electron chi connectivity index (χ0n) is 16.5. The molecule has 1 heteroatoms. The molecule has 1 N–H and O–H groups in total. The monoisotopic (exact) mass is 326 g/mol. The van der Waals surface area contributed by atoms with E-state index in [2.05, 4.69) is 77.9 Å². The molecule has 0 aromatic heterocycles. The molecule has 0 spiro atoms. The van der Waals surface area contributed by atoms with Gasteiger partial charge in [-0.1, -0.05) is 77.9 Å². The lowest BCUT2D eigenvalue weighted by Gasteiger charge is -2.36. The summed E-state index contributed by atoms with van der Waals surface area (Å²) in [7, 11) is 0. The predicted molar refractivity (Wildman–Crippen MR) is 106 cm³/mol. The van der Waals surface area contributed by atoms with Crippen molar-refractivity contribution in [1.82, 2.24) is 0 Å². The molecule has 2 atom stereocenters. The Labute approximate surface area is 148 Å². The van der Waals surface area contributed by atoms with Crippen molar-refractivity contribution in [2.24, 2.45) is 10.8 Å². The topological polar surface area (TPSA) is 20.2 Å². The molecule has 2 aromatic carbocycles. The van der Waals surface area contributed by atoms with E-state index in [4.69, 9.17) is 0 Å². The van der Waals surface area contributed by atoms with E-state index in [0.717, 1.165) is 0 Å². The summed E-state index contributed by atoms with van der Waals surface area (Å²) in [4.78, 5) is 0. The third-order valence-corrected chi connectivity index (χ3v) is 4.72. The van der Waals surface area contributed by atoms with Gasteiger partial charge in [0.05, 0.1) is 6.10 Å². The van der Waals surface area contributed by atoms with Gasteiger partial charge < -0.3 is 5.11 Å². The van der Waals surface area contributed by atoms with Gasteiger partial charge in [-0.05, 0) is 58.4 Å². The second kappa shape index (κ2) is 6.88. The highest BCUT2D eigenvalue weighted by molar-refractivity contribution is 5.84. The summed E-state index contributed by atoms with van der Waals surface area (Å²) in [6.07, 6.45) is 1.60. The van der Waals surface area contributed by atoms with Crippen molar-refractivity contribution in [3.05, 3.63) is 47.5 Å². The van der Waals surface area contributed by atoms with Crippen LogP contribution in [0.4, 0.5) is 0 Å². The number of aliphatic hydroxyl groups is 1. The largest absolute Gasteiger partial charge is 0.393 e. The molecule has 0 aliphatic rings. The first-order valence-corrected chi connectivity index (χ1v) is 9.16. The highest BCUT2D eigenvalue weighted by Gasteiger charge is 2.30. The molecule has 0 heterocycles. The van der Waals surface area contributed by atoms with Crippen LogP contribution in [0.5, 0.6) is 0 Å². The standard InChI is InChI=1S/C23H34O/c1-16(24)12-17-8-9-19-14-20(11-10-18(19)13-17)21(23(5,6)7)15-22(2,3)4/h8-11,13-14,16,21,24H,12,15H2,1-7H3. The maximum Gasteiger partial charge on any atom is 0.0552 e. The van der Waals surface area contributed by atoms with Crippen LogP contribution in [0, 0.1) is 10.8 Å². The van der Waals surface area contributed by atoms with Crippen molar-refractivity contribution in [2.75, 3.05) is 0 Å². The summed E-state index contributed by atoms with van der Waals surface area (Å²) in [6.45, 7) is 15.9. The number of hydrogen-bond donors (Lipinski definition) is 1. The minimum Gasteiger partial charge on any atom is -0.393 e. The smallest absolute Gasteiger partial charge is 0.0552 e. The first kappa shape index (κ1) is 19.0. The maximum atomic E-state index is 9.59. The summed E-state index contributed by atoms with van der Waals surface area (Å²) in [5.41, 5.74) is 3.20. The SMILES string of the molecule is CC(O)Cc1ccc2cc(C(CC(C)(C)C)C(C)(C)C)ccc2c1. The van der Waals surface area contributed by atoms with Crippen molar-refractivity contribution < 1.29 is 5.11 Å². The summed E-state index contributed by atoms with van der Waals surface area (Å²) in [6, 6.07) is 13.5. The highest BCUT2D eigenvalue weighted by Crippen LogP contribution is 2.43. The number of fused-ring (bicyclic) bond motifs is 1. The lowest BCUT2D eigenvalue weighted by molar-refractivity contribution is 0.195. The predicted octanol–water partition coefficient (Wildman–Crippen LogP) is 6.33. The fourth-order valence-electron chi connectivity index (χ4n) is 3.53. The Morgan fingerprint density at radius 1 is 0.875 bits per heavy atom. The quantitative estimate of drug-likeness (QED) is 0.696. The molecule has 0 amide bonds. The minimum absolute atomic E-state index is 0.243. The van der Waals surface area contributed by atoms with Crippen LogP contribution in [-0.2, 0) is 6.42 Å². The lowest BCUT2D eigenvalue weighted by Crippen LogP contribution is -2.23. The highest BCUT2D eigenvalue weighted by atomic mass is 16.3. The minimum atomic E-state index is -0.293. The normalized spacial score (nSPS) is 15.5. The van der Waals surface area contributed by atoms with Gasteiger partial charge >= 0.3 is 0 Å². The molecule has 0 saturated carbocycles. The van der Waals surface area contributed by atoms with Gasteiger partial charge in [-0.3, -0.25) is 0 Å². The van der Waals surface area contributed by atoms with Crippen molar-refractivity contribution in [3.63, 3.8) is 0 Å². The van der Waals surface area contributed by atoms with Gasteiger partial charge in [-0.2, -0.15) is 0 Å². The molecular formula is C23H34O. The Bertz CT molecular complexity index is 683. The Balaban J connectivity index is 2.40. The van der Waals surface area contributed by atoms with E-state index >= 15 is 0 Å². The third kappa shape index (κ3) is 5.08. The molecule has 0 radical (unpaired) electrons. The van der Waals surface area contributed by atoms with E-state index in [9.17, 15) is 5.11 Å². The van der Waals surface area contributed by atoms with Crippen molar-refractivity contribution in [2.45, 2.75) is 73.3 Å². The summed E-state index contributed by atoms with van der Waals surface area (Å²) in [5.74, 6) is 0.541. The van der Waals surface area contributed by atoms with Crippen LogP contribution in [0.2, 0.25) is 0 Å². The van der Waals surface area contributed by atoms with Gasteiger partial charge in [0.2, 0.25) is 0 Å².